The lowest BCUT2D eigenvalue weighted by Crippen LogP contribution is -2.55. The summed E-state index contributed by atoms with van der Waals surface area (Å²) in [6.45, 7) is 5.15. The molecule has 1 amide bonds. The van der Waals surface area contributed by atoms with Crippen LogP contribution in [0.1, 0.15) is 39.5 Å². The van der Waals surface area contributed by atoms with Crippen LogP contribution in [0.3, 0.4) is 0 Å². The van der Waals surface area contributed by atoms with Gasteiger partial charge in [0.15, 0.2) is 0 Å². The molecule has 0 aliphatic carbocycles. The van der Waals surface area contributed by atoms with E-state index in [2.05, 4.69) is 30.7 Å². The Kier molecular flexibility index (Phi) is 5.62. The highest BCUT2D eigenvalue weighted by molar-refractivity contribution is 7.98. The molecule has 2 atom stereocenters. The van der Waals surface area contributed by atoms with Gasteiger partial charge in [0.25, 0.3) is 0 Å². The minimum atomic E-state index is -0.284. The second-order valence-electron chi connectivity index (χ2n) is 4.62. The van der Waals surface area contributed by atoms with Gasteiger partial charge >= 0.3 is 0 Å². The number of thioether (sulfide) groups is 1. The van der Waals surface area contributed by atoms with Crippen LogP contribution < -0.4 is 10.6 Å². The van der Waals surface area contributed by atoms with Gasteiger partial charge in [-0.3, -0.25) is 4.79 Å². The third-order valence-electron chi connectivity index (χ3n) is 3.41. The minimum absolute atomic E-state index is 0.195. The van der Waals surface area contributed by atoms with Crippen molar-refractivity contribution >= 4 is 17.7 Å². The van der Waals surface area contributed by atoms with E-state index in [0.29, 0.717) is 0 Å². The minimum Gasteiger partial charge on any atom is -0.352 e. The zero-order chi connectivity index (χ0) is 12.0. The van der Waals surface area contributed by atoms with E-state index in [-0.39, 0.29) is 17.5 Å². The first-order valence-corrected chi connectivity index (χ1v) is 7.59. The summed E-state index contributed by atoms with van der Waals surface area (Å²) in [5.74, 6) is 1.30. The number of carbonyl (C=O) groups excluding carboxylic acids is 1. The third-order valence-corrected chi connectivity index (χ3v) is 4.06. The Morgan fingerprint density at radius 2 is 2.38 bits per heavy atom. The Bertz CT molecular complexity index is 227. The summed E-state index contributed by atoms with van der Waals surface area (Å²) in [6.07, 6.45) is 6.12. The summed E-state index contributed by atoms with van der Waals surface area (Å²) >= 11 is 1.83. The van der Waals surface area contributed by atoms with Crippen molar-refractivity contribution in [1.29, 1.82) is 0 Å². The quantitative estimate of drug-likeness (QED) is 0.748. The first-order valence-electron chi connectivity index (χ1n) is 6.19. The van der Waals surface area contributed by atoms with Crippen LogP contribution in [0.25, 0.3) is 0 Å². The molecule has 0 aromatic rings. The zero-order valence-corrected chi connectivity index (χ0v) is 11.5. The summed E-state index contributed by atoms with van der Waals surface area (Å²) in [5, 5.41) is 6.50. The highest BCUT2D eigenvalue weighted by Gasteiger charge is 2.39. The molecule has 0 aromatic carbocycles. The van der Waals surface area contributed by atoms with Gasteiger partial charge in [0.2, 0.25) is 5.91 Å². The molecule has 1 rings (SSSR count). The highest BCUT2D eigenvalue weighted by Crippen LogP contribution is 2.23. The largest absolute Gasteiger partial charge is 0.352 e. The van der Waals surface area contributed by atoms with Gasteiger partial charge in [-0.05, 0) is 51.2 Å². The Morgan fingerprint density at radius 3 is 2.88 bits per heavy atom. The predicted octanol–water partition coefficient (Wildman–Crippen LogP) is 1.78. The lowest BCUT2D eigenvalue weighted by molar-refractivity contribution is -0.127. The molecule has 1 fully saturated rings. The molecule has 2 N–H and O–H groups in total. The molecule has 1 heterocycles. The number of nitrogens with one attached hydrogen (secondary N) is 2. The Labute approximate surface area is 103 Å². The van der Waals surface area contributed by atoms with Crippen molar-refractivity contribution in [3.8, 4) is 0 Å². The maximum absolute atomic E-state index is 12.2. The molecular formula is C12H24N2OS. The van der Waals surface area contributed by atoms with Crippen LogP contribution in [0.4, 0.5) is 0 Å². The van der Waals surface area contributed by atoms with Crippen molar-refractivity contribution in [2.24, 2.45) is 0 Å². The van der Waals surface area contributed by atoms with Gasteiger partial charge in [-0.2, -0.15) is 11.8 Å². The number of amides is 1. The van der Waals surface area contributed by atoms with E-state index in [1.807, 2.05) is 11.8 Å². The van der Waals surface area contributed by atoms with Gasteiger partial charge in [0.05, 0.1) is 5.54 Å². The third kappa shape index (κ3) is 3.39. The van der Waals surface area contributed by atoms with Crippen molar-refractivity contribution in [2.75, 3.05) is 18.6 Å². The van der Waals surface area contributed by atoms with Crippen molar-refractivity contribution < 1.29 is 4.79 Å². The van der Waals surface area contributed by atoms with Gasteiger partial charge in [-0.15, -0.1) is 0 Å². The maximum atomic E-state index is 12.2. The molecule has 0 aromatic heterocycles. The average Bonchev–Trinajstić information content (AvgIpc) is 2.76. The Hall–Kier alpha value is -0.220. The molecule has 94 valence electrons. The van der Waals surface area contributed by atoms with Crippen molar-refractivity contribution in [2.45, 2.75) is 51.1 Å². The van der Waals surface area contributed by atoms with Crippen molar-refractivity contribution in [3.63, 3.8) is 0 Å². The average molecular weight is 244 g/mol. The normalized spacial score (nSPS) is 26.7. The number of hydrogen-bond donors (Lipinski definition) is 2. The van der Waals surface area contributed by atoms with Gasteiger partial charge in [0.1, 0.15) is 0 Å². The first-order chi connectivity index (χ1) is 7.64. The van der Waals surface area contributed by atoms with Crippen molar-refractivity contribution in [3.05, 3.63) is 0 Å². The van der Waals surface area contributed by atoms with Crippen LogP contribution in [-0.4, -0.2) is 36.0 Å². The maximum Gasteiger partial charge on any atom is 0.240 e. The SMILES string of the molecule is CCC1(C(=O)NC(C)CCSC)CCCN1. The zero-order valence-electron chi connectivity index (χ0n) is 10.6. The molecular weight excluding hydrogens is 220 g/mol. The van der Waals surface area contributed by atoms with E-state index in [0.717, 1.165) is 38.0 Å². The van der Waals surface area contributed by atoms with Crippen LogP contribution >= 0.6 is 11.8 Å². The molecule has 0 saturated carbocycles. The van der Waals surface area contributed by atoms with E-state index in [1.54, 1.807) is 0 Å². The van der Waals surface area contributed by atoms with Crippen LogP contribution in [0, 0.1) is 0 Å². The highest BCUT2D eigenvalue weighted by atomic mass is 32.2. The summed E-state index contributed by atoms with van der Waals surface area (Å²) in [4.78, 5) is 12.2. The Balaban J connectivity index is 2.43. The van der Waals surface area contributed by atoms with Crippen LogP contribution in [0.5, 0.6) is 0 Å². The summed E-state index contributed by atoms with van der Waals surface area (Å²) < 4.78 is 0. The summed E-state index contributed by atoms with van der Waals surface area (Å²) in [6, 6.07) is 0.283. The van der Waals surface area contributed by atoms with Gasteiger partial charge < -0.3 is 10.6 Å². The second-order valence-corrected chi connectivity index (χ2v) is 5.61. The number of carbonyl (C=O) groups is 1. The first kappa shape index (κ1) is 13.8. The molecule has 4 heteroatoms. The van der Waals surface area contributed by atoms with Gasteiger partial charge in [-0.25, -0.2) is 0 Å². The van der Waals surface area contributed by atoms with E-state index in [4.69, 9.17) is 0 Å². The topological polar surface area (TPSA) is 41.1 Å². The summed E-state index contributed by atoms with van der Waals surface area (Å²) in [7, 11) is 0. The standard InChI is InChI=1S/C12H24N2OS/c1-4-12(7-5-8-13-12)11(15)14-10(2)6-9-16-3/h10,13H,4-9H2,1-3H3,(H,14,15). The number of rotatable bonds is 6. The summed E-state index contributed by atoms with van der Waals surface area (Å²) in [5.41, 5.74) is -0.284. The molecule has 0 bridgehead atoms. The lowest BCUT2D eigenvalue weighted by atomic mass is 9.93. The van der Waals surface area contributed by atoms with E-state index in [9.17, 15) is 4.79 Å². The Morgan fingerprint density at radius 1 is 1.62 bits per heavy atom. The van der Waals surface area contributed by atoms with E-state index in [1.165, 1.54) is 0 Å². The van der Waals surface area contributed by atoms with Crippen LogP contribution in [0.2, 0.25) is 0 Å². The second kappa shape index (κ2) is 6.50. The number of hydrogen-bond acceptors (Lipinski definition) is 3. The van der Waals surface area contributed by atoms with Crippen LogP contribution in [0.15, 0.2) is 0 Å². The van der Waals surface area contributed by atoms with Gasteiger partial charge in [0, 0.05) is 6.04 Å². The van der Waals surface area contributed by atoms with Crippen LogP contribution in [-0.2, 0) is 4.79 Å². The fraction of sp³-hybridized carbons (Fsp3) is 0.917. The molecule has 1 aliphatic heterocycles. The molecule has 0 spiro atoms. The molecule has 1 saturated heterocycles. The molecule has 16 heavy (non-hydrogen) atoms. The van der Waals surface area contributed by atoms with E-state index < -0.39 is 0 Å². The molecule has 0 radical (unpaired) electrons. The lowest BCUT2D eigenvalue weighted by Gasteiger charge is -2.28. The smallest absolute Gasteiger partial charge is 0.240 e. The van der Waals surface area contributed by atoms with Crippen molar-refractivity contribution in [1.82, 2.24) is 10.6 Å². The predicted molar refractivity (Wildman–Crippen MR) is 70.9 cm³/mol. The van der Waals surface area contributed by atoms with Gasteiger partial charge in [-0.1, -0.05) is 6.92 Å². The van der Waals surface area contributed by atoms with E-state index >= 15 is 0 Å². The fourth-order valence-corrected chi connectivity index (χ4v) is 2.78. The molecule has 2 unspecified atom stereocenters. The monoisotopic (exact) mass is 244 g/mol. The molecule has 1 aliphatic rings. The fourth-order valence-electron chi connectivity index (χ4n) is 2.19. The molecule has 3 nitrogen and oxygen atoms in total.